The summed E-state index contributed by atoms with van der Waals surface area (Å²) in [5.41, 5.74) is 2.00. The number of nitrogens with zero attached hydrogens (tertiary/aromatic N) is 2. The van der Waals surface area contributed by atoms with Gasteiger partial charge in [-0.05, 0) is 31.0 Å². The molecule has 3 heterocycles. The third-order valence-corrected chi connectivity index (χ3v) is 5.35. The predicted octanol–water partition coefficient (Wildman–Crippen LogP) is 4.48. The summed E-state index contributed by atoms with van der Waals surface area (Å²) in [6.45, 7) is 0. The van der Waals surface area contributed by atoms with E-state index in [-0.39, 0.29) is 11.8 Å². The number of hydrogen-bond acceptors (Lipinski definition) is 4. The Kier molecular flexibility index (Phi) is 2.81. The second-order valence-electron chi connectivity index (χ2n) is 6.74. The highest BCUT2D eigenvalue weighted by molar-refractivity contribution is 5.99. The zero-order chi connectivity index (χ0) is 15.3. The molecule has 1 spiro atoms. The summed E-state index contributed by atoms with van der Waals surface area (Å²) in [6.07, 6.45) is 8.40. The summed E-state index contributed by atoms with van der Waals surface area (Å²) in [5.74, 6) is 1.91. The normalized spacial score (nSPS) is 24.8. The van der Waals surface area contributed by atoms with Crippen LogP contribution in [0.15, 0.2) is 52.2 Å². The molecule has 0 amide bonds. The van der Waals surface area contributed by atoms with Crippen molar-refractivity contribution in [1.82, 2.24) is 5.01 Å². The van der Waals surface area contributed by atoms with Gasteiger partial charge in [-0.1, -0.05) is 24.6 Å². The Balaban J connectivity index is 1.61. The monoisotopic (exact) mass is 308 g/mol. The lowest BCUT2D eigenvalue weighted by molar-refractivity contribution is -0.140. The fourth-order valence-corrected chi connectivity index (χ4v) is 4.26. The van der Waals surface area contributed by atoms with E-state index in [2.05, 4.69) is 29.3 Å². The van der Waals surface area contributed by atoms with Crippen molar-refractivity contribution >= 4 is 5.71 Å². The largest absolute Gasteiger partial charge is 0.466 e. The molecule has 1 aromatic heterocycles. The fraction of sp³-hybridized carbons (Fsp3) is 0.421. The molecule has 118 valence electrons. The van der Waals surface area contributed by atoms with Crippen LogP contribution in [-0.2, 0) is 0 Å². The zero-order valence-electron chi connectivity index (χ0n) is 13.1. The third-order valence-electron chi connectivity index (χ3n) is 5.35. The van der Waals surface area contributed by atoms with Gasteiger partial charge >= 0.3 is 0 Å². The van der Waals surface area contributed by atoms with E-state index in [0.717, 1.165) is 36.5 Å². The summed E-state index contributed by atoms with van der Waals surface area (Å²) in [7, 11) is 0. The van der Waals surface area contributed by atoms with Gasteiger partial charge in [0.05, 0.1) is 12.3 Å². The summed E-state index contributed by atoms with van der Waals surface area (Å²) >= 11 is 0. The highest BCUT2D eigenvalue weighted by Gasteiger charge is 2.50. The molecule has 2 aliphatic heterocycles. The van der Waals surface area contributed by atoms with Crippen LogP contribution in [0.2, 0.25) is 0 Å². The molecule has 0 radical (unpaired) electrons. The highest BCUT2D eigenvalue weighted by Crippen LogP contribution is 2.51. The zero-order valence-corrected chi connectivity index (χ0v) is 13.1. The van der Waals surface area contributed by atoms with Crippen LogP contribution in [0.1, 0.15) is 55.9 Å². The van der Waals surface area contributed by atoms with Crippen molar-refractivity contribution in [3.05, 3.63) is 54.0 Å². The summed E-state index contributed by atoms with van der Waals surface area (Å²) < 4.78 is 12.1. The van der Waals surface area contributed by atoms with E-state index in [9.17, 15) is 0 Å². The van der Waals surface area contributed by atoms with Gasteiger partial charge in [0.15, 0.2) is 5.72 Å². The van der Waals surface area contributed by atoms with Crippen molar-refractivity contribution in [3.63, 3.8) is 0 Å². The van der Waals surface area contributed by atoms with E-state index in [1.54, 1.807) is 6.26 Å². The van der Waals surface area contributed by atoms with Crippen LogP contribution < -0.4 is 4.74 Å². The molecular formula is C19H20N2O2. The predicted molar refractivity (Wildman–Crippen MR) is 87.3 cm³/mol. The molecule has 0 N–H and O–H groups in total. The van der Waals surface area contributed by atoms with Crippen molar-refractivity contribution in [3.8, 4) is 5.75 Å². The van der Waals surface area contributed by atoms with Crippen molar-refractivity contribution in [2.75, 3.05) is 0 Å². The molecule has 1 aromatic carbocycles. The Morgan fingerprint density at radius 2 is 1.91 bits per heavy atom. The van der Waals surface area contributed by atoms with E-state index < -0.39 is 0 Å². The minimum absolute atomic E-state index is 0.262. The second-order valence-corrected chi connectivity index (χ2v) is 6.74. The Bertz CT molecular complexity index is 744. The molecule has 5 rings (SSSR count). The van der Waals surface area contributed by atoms with E-state index in [4.69, 9.17) is 14.3 Å². The first-order chi connectivity index (χ1) is 11.4. The van der Waals surface area contributed by atoms with E-state index in [1.807, 2.05) is 12.1 Å². The maximum atomic E-state index is 6.53. The molecule has 3 aliphatic rings. The lowest BCUT2D eigenvalue weighted by Crippen LogP contribution is -2.54. The minimum Gasteiger partial charge on any atom is -0.466 e. The van der Waals surface area contributed by atoms with Crippen molar-refractivity contribution in [2.24, 2.45) is 5.10 Å². The molecule has 23 heavy (non-hydrogen) atoms. The third kappa shape index (κ3) is 1.94. The minimum atomic E-state index is -0.272. The molecule has 1 aliphatic carbocycles. The number of hydrazone groups is 1. The number of hydrogen-bond donors (Lipinski definition) is 0. The van der Waals surface area contributed by atoms with Gasteiger partial charge < -0.3 is 9.15 Å². The van der Waals surface area contributed by atoms with Gasteiger partial charge in [0.2, 0.25) is 0 Å². The van der Waals surface area contributed by atoms with Crippen LogP contribution in [0.3, 0.4) is 0 Å². The Morgan fingerprint density at radius 1 is 1.04 bits per heavy atom. The average molecular weight is 308 g/mol. The smallest absolute Gasteiger partial charge is 0.198 e. The van der Waals surface area contributed by atoms with Crippen molar-refractivity contribution < 1.29 is 9.15 Å². The number of para-hydroxylation sites is 1. The first-order valence-corrected chi connectivity index (χ1v) is 8.54. The van der Waals surface area contributed by atoms with Gasteiger partial charge in [-0.2, -0.15) is 5.10 Å². The van der Waals surface area contributed by atoms with Gasteiger partial charge in [0.1, 0.15) is 17.2 Å². The first-order valence-electron chi connectivity index (χ1n) is 8.54. The van der Waals surface area contributed by atoms with Gasteiger partial charge in [0, 0.05) is 24.8 Å². The molecule has 1 saturated carbocycles. The van der Waals surface area contributed by atoms with Gasteiger partial charge in [-0.15, -0.1) is 0 Å². The molecule has 4 heteroatoms. The molecule has 1 fully saturated rings. The Hall–Kier alpha value is -2.23. The van der Waals surface area contributed by atoms with Gasteiger partial charge in [0.25, 0.3) is 0 Å². The van der Waals surface area contributed by atoms with E-state index in [0.29, 0.717) is 0 Å². The maximum Gasteiger partial charge on any atom is 0.198 e. The number of fused-ring (bicyclic) bond motifs is 4. The van der Waals surface area contributed by atoms with Crippen LogP contribution >= 0.6 is 0 Å². The molecule has 4 nitrogen and oxygen atoms in total. The quantitative estimate of drug-likeness (QED) is 0.779. The van der Waals surface area contributed by atoms with Crippen LogP contribution in [0.4, 0.5) is 0 Å². The SMILES string of the molecule is c1coc(C2=NN3[C@@H](C2)c2ccccc2OC32CCCCC2)c1. The van der Waals surface area contributed by atoms with E-state index >= 15 is 0 Å². The summed E-state index contributed by atoms with van der Waals surface area (Å²) in [6, 6.07) is 12.6. The average Bonchev–Trinajstić information content (AvgIpc) is 3.26. The second kappa shape index (κ2) is 4.88. The maximum absolute atomic E-state index is 6.53. The van der Waals surface area contributed by atoms with E-state index in [1.165, 1.54) is 24.8 Å². The van der Waals surface area contributed by atoms with Crippen molar-refractivity contribution in [1.29, 1.82) is 0 Å². The summed E-state index contributed by atoms with van der Waals surface area (Å²) in [4.78, 5) is 0. The molecule has 0 bridgehead atoms. The standard InChI is InChI=1S/C19H20N2O2/c1-4-10-19(11-5-1)21-16(14-7-2-3-8-17(14)23-19)13-15(20-21)18-9-6-12-22-18/h2-3,6-9,12,16H,1,4-5,10-11,13H2/t16-/m0/s1. The van der Waals surface area contributed by atoms with Gasteiger partial charge in [-0.25, -0.2) is 5.01 Å². The van der Waals surface area contributed by atoms with Gasteiger partial charge in [-0.3, -0.25) is 0 Å². The van der Waals surface area contributed by atoms with Crippen LogP contribution in [0, 0.1) is 0 Å². The summed E-state index contributed by atoms with van der Waals surface area (Å²) in [5, 5.41) is 7.20. The number of rotatable bonds is 1. The Morgan fingerprint density at radius 3 is 2.74 bits per heavy atom. The molecule has 1 atom stereocenters. The lowest BCUT2D eigenvalue weighted by Gasteiger charge is -2.49. The van der Waals surface area contributed by atoms with Crippen LogP contribution in [-0.4, -0.2) is 16.4 Å². The number of furan rings is 1. The number of benzene rings is 1. The topological polar surface area (TPSA) is 38.0 Å². The van der Waals surface area contributed by atoms with Crippen LogP contribution in [0.25, 0.3) is 0 Å². The molecular weight excluding hydrogens is 288 g/mol. The first kappa shape index (κ1) is 13.2. The molecule has 0 saturated heterocycles. The highest BCUT2D eigenvalue weighted by atomic mass is 16.5. The Labute approximate surface area is 135 Å². The lowest BCUT2D eigenvalue weighted by atomic mass is 9.87. The molecule has 2 aromatic rings. The van der Waals surface area contributed by atoms with Crippen LogP contribution in [0.5, 0.6) is 5.75 Å². The van der Waals surface area contributed by atoms with Crippen molar-refractivity contribution in [2.45, 2.75) is 50.3 Å². The fourth-order valence-electron chi connectivity index (χ4n) is 4.26. The number of ether oxygens (including phenoxy) is 1. The molecule has 0 unspecified atom stereocenters.